The van der Waals surface area contributed by atoms with Crippen LogP contribution in [0.25, 0.3) is 16.9 Å². The van der Waals surface area contributed by atoms with E-state index in [4.69, 9.17) is 4.74 Å². The van der Waals surface area contributed by atoms with E-state index in [9.17, 15) is 4.79 Å². The average molecular weight is 399 g/mol. The number of benzene rings is 2. The topological polar surface area (TPSA) is 81.9 Å². The van der Waals surface area contributed by atoms with Crippen LogP contribution in [0.15, 0.2) is 79.1 Å². The predicted molar refractivity (Wildman–Crippen MR) is 113 cm³/mol. The van der Waals surface area contributed by atoms with E-state index in [0.717, 1.165) is 16.8 Å². The first kappa shape index (κ1) is 19.3. The van der Waals surface area contributed by atoms with E-state index in [0.29, 0.717) is 11.4 Å². The van der Waals surface area contributed by atoms with Crippen LogP contribution in [0.4, 0.5) is 0 Å². The number of hydrogen-bond donors (Lipinski definition) is 1. The van der Waals surface area contributed by atoms with Crippen LogP contribution in [0.2, 0.25) is 0 Å². The lowest BCUT2D eigenvalue weighted by Gasteiger charge is -2.14. The lowest BCUT2D eigenvalue weighted by molar-refractivity contribution is 0.0935. The van der Waals surface area contributed by atoms with E-state index in [-0.39, 0.29) is 17.6 Å². The summed E-state index contributed by atoms with van der Waals surface area (Å²) in [6, 6.07) is 20.7. The average Bonchev–Trinajstić information content (AvgIpc) is 3.25. The first-order valence-electron chi connectivity index (χ1n) is 9.53. The molecule has 1 amide bonds. The molecule has 0 bridgehead atoms. The molecule has 4 rings (SSSR count). The van der Waals surface area contributed by atoms with E-state index in [1.54, 1.807) is 24.2 Å². The number of carbonyl (C=O) groups is 1. The summed E-state index contributed by atoms with van der Waals surface area (Å²) in [7, 11) is 1.61. The summed E-state index contributed by atoms with van der Waals surface area (Å²) in [6.07, 6.45) is 3.35. The summed E-state index contributed by atoms with van der Waals surface area (Å²) in [5.41, 5.74) is 3.37. The highest BCUT2D eigenvalue weighted by Crippen LogP contribution is 2.27. The fourth-order valence-electron chi connectivity index (χ4n) is 3.22. The van der Waals surface area contributed by atoms with Gasteiger partial charge in [0, 0.05) is 24.0 Å². The quantitative estimate of drug-likeness (QED) is 0.533. The molecule has 0 radical (unpaired) electrons. The van der Waals surface area contributed by atoms with E-state index in [1.807, 2.05) is 73.7 Å². The third kappa shape index (κ3) is 3.91. The highest BCUT2D eigenvalue weighted by atomic mass is 16.5. The lowest BCUT2D eigenvalue weighted by Crippen LogP contribution is -2.27. The number of aromatic nitrogens is 4. The number of nitrogens with zero attached hydrogens (tertiary/aromatic N) is 4. The number of rotatable bonds is 6. The summed E-state index contributed by atoms with van der Waals surface area (Å²) in [6.45, 7) is 1.94. The summed E-state index contributed by atoms with van der Waals surface area (Å²) in [4.78, 5) is 17.2. The van der Waals surface area contributed by atoms with Gasteiger partial charge >= 0.3 is 0 Å². The molecular weight excluding hydrogens is 378 g/mol. The van der Waals surface area contributed by atoms with E-state index < -0.39 is 0 Å². The second-order valence-corrected chi connectivity index (χ2v) is 6.74. The minimum Gasteiger partial charge on any atom is -0.497 e. The Balaban J connectivity index is 1.75. The third-order valence-corrected chi connectivity index (χ3v) is 4.78. The van der Waals surface area contributed by atoms with Gasteiger partial charge in [0.05, 0.1) is 18.8 Å². The van der Waals surface area contributed by atoms with Crippen LogP contribution in [0.1, 0.15) is 29.0 Å². The second kappa shape index (κ2) is 8.57. The highest BCUT2D eigenvalue weighted by Gasteiger charge is 2.23. The van der Waals surface area contributed by atoms with Crippen molar-refractivity contribution in [2.75, 3.05) is 7.11 Å². The van der Waals surface area contributed by atoms with E-state index in [2.05, 4.69) is 20.6 Å². The molecule has 7 heteroatoms. The second-order valence-electron chi connectivity index (χ2n) is 6.74. The Hall–Kier alpha value is -4.00. The molecule has 2 heterocycles. The first-order chi connectivity index (χ1) is 14.7. The number of nitrogens with one attached hydrogen (secondary N) is 1. The fourth-order valence-corrected chi connectivity index (χ4v) is 3.22. The van der Waals surface area contributed by atoms with Crippen LogP contribution >= 0.6 is 0 Å². The van der Waals surface area contributed by atoms with Gasteiger partial charge in [-0.2, -0.15) is 0 Å². The standard InChI is InChI=1S/C23H21N5O2/c1-16(17-7-4-3-5-8-17)25-23(29)21-22(18-11-13-24-14-12-18)28(27-26-21)19-9-6-10-20(15-19)30-2/h3-16H,1-2H3,(H,25,29)/t16-/m1/s1. The summed E-state index contributed by atoms with van der Waals surface area (Å²) >= 11 is 0. The molecule has 0 spiro atoms. The van der Waals surface area contributed by atoms with Gasteiger partial charge in [0.25, 0.3) is 5.91 Å². The Bertz CT molecular complexity index is 1140. The minimum absolute atomic E-state index is 0.175. The fraction of sp³-hybridized carbons (Fsp3) is 0.130. The molecule has 1 atom stereocenters. The largest absolute Gasteiger partial charge is 0.497 e. The zero-order chi connectivity index (χ0) is 20.9. The summed E-state index contributed by atoms with van der Waals surface area (Å²) in [5, 5.41) is 11.5. The SMILES string of the molecule is COc1cccc(-n2nnc(C(=O)N[C@H](C)c3ccccc3)c2-c2ccncc2)c1. The van der Waals surface area contributed by atoms with Gasteiger partial charge in [-0.3, -0.25) is 9.78 Å². The Kier molecular flexibility index (Phi) is 5.52. The molecule has 30 heavy (non-hydrogen) atoms. The number of amides is 1. The molecule has 2 aromatic heterocycles. The van der Waals surface area contributed by atoms with E-state index >= 15 is 0 Å². The maximum Gasteiger partial charge on any atom is 0.274 e. The van der Waals surface area contributed by atoms with Crippen LogP contribution in [0, 0.1) is 0 Å². The Morgan fingerprint density at radius 1 is 1.03 bits per heavy atom. The van der Waals surface area contributed by atoms with Gasteiger partial charge in [0.15, 0.2) is 5.69 Å². The molecule has 0 saturated carbocycles. The Labute approximate surface area is 174 Å². The van der Waals surface area contributed by atoms with Crippen molar-refractivity contribution < 1.29 is 9.53 Å². The molecule has 0 fully saturated rings. The van der Waals surface area contributed by atoms with Crippen molar-refractivity contribution in [3.05, 3.63) is 90.4 Å². The van der Waals surface area contributed by atoms with Crippen molar-refractivity contribution in [3.63, 3.8) is 0 Å². The molecule has 7 nitrogen and oxygen atoms in total. The molecule has 1 N–H and O–H groups in total. The summed E-state index contributed by atoms with van der Waals surface area (Å²) in [5.74, 6) is 0.389. The van der Waals surface area contributed by atoms with Gasteiger partial charge < -0.3 is 10.1 Å². The molecule has 150 valence electrons. The number of methoxy groups -OCH3 is 1. The number of carbonyl (C=O) groups excluding carboxylic acids is 1. The van der Waals surface area contributed by atoms with Crippen LogP contribution in [0.3, 0.4) is 0 Å². The molecule has 0 unspecified atom stereocenters. The number of ether oxygens (including phenoxy) is 1. The summed E-state index contributed by atoms with van der Waals surface area (Å²) < 4.78 is 6.97. The normalized spacial score (nSPS) is 11.7. The zero-order valence-electron chi connectivity index (χ0n) is 16.7. The van der Waals surface area contributed by atoms with Crippen molar-refractivity contribution in [3.8, 4) is 22.7 Å². The Morgan fingerprint density at radius 2 is 1.80 bits per heavy atom. The van der Waals surface area contributed by atoms with Gasteiger partial charge in [-0.1, -0.05) is 41.6 Å². The van der Waals surface area contributed by atoms with Crippen LogP contribution in [0.5, 0.6) is 5.75 Å². The van der Waals surface area contributed by atoms with Crippen molar-refractivity contribution in [2.24, 2.45) is 0 Å². The maximum atomic E-state index is 13.1. The van der Waals surface area contributed by atoms with Crippen LogP contribution in [-0.4, -0.2) is 33.0 Å². The van der Waals surface area contributed by atoms with Crippen molar-refractivity contribution in [1.29, 1.82) is 0 Å². The van der Waals surface area contributed by atoms with Gasteiger partial charge in [-0.25, -0.2) is 4.68 Å². The molecule has 0 aliphatic rings. The first-order valence-corrected chi connectivity index (χ1v) is 9.53. The molecule has 0 aliphatic heterocycles. The number of hydrogen-bond acceptors (Lipinski definition) is 5. The Morgan fingerprint density at radius 3 is 2.53 bits per heavy atom. The molecule has 2 aromatic carbocycles. The highest BCUT2D eigenvalue weighted by molar-refractivity contribution is 5.98. The van der Waals surface area contributed by atoms with Gasteiger partial charge in [-0.15, -0.1) is 5.10 Å². The lowest BCUT2D eigenvalue weighted by atomic mass is 10.1. The monoisotopic (exact) mass is 399 g/mol. The molecule has 4 aromatic rings. The number of pyridine rings is 1. The predicted octanol–water partition coefficient (Wildman–Crippen LogP) is 3.83. The van der Waals surface area contributed by atoms with Gasteiger partial charge in [-0.05, 0) is 36.8 Å². The van der Waals surface area contributed by atoms with Gasteiger partial charge in [0.2, 0.25) is 0 Å². The molecule has 0 saturated heterocycles. The maximum absolute atomic E-state index is 13.1. The van der Waals surface area contributed by atoms with Gasteiger partial charge in [0.1, 0.15) is 11.4 Å². The third-order valence-electron chi connectivity index (χ3n) is 4.78. The zero-order valence-corrected chi connectivity index (χ0v) is 16.7. The van der Waals surface area contributed by atoms with Crippen molar-refractivity contribution in [1.82, 2.24) is 25.3 Å². The molecule has 0 aliphatic carbocycles. The van der Waals surface area contributed by atoms with Crippen LogP contribution < -0.4 is 10.1 Å². The van der Waals surface area contributed by atoms with Crippen molar-refractivity contribution >= 4 is 5.91 Å². The van der Waals surface area contributed by atoms with Crippen molar-refractivity contribution in [2.45, 2.75) is 13.0 Å². The van der Waals surface area contributed by atoms with Crippen LogP contribution in [-0.2, 0) is 0 Å². The molecular formula is C23H21N5O2. The van der Waals surface area contributed by atoms with E-state index in [1.165, 1.54) is 0 Å². The smallest absolute Gasteiger partial charge is 0.274 e. The minimum atomic E-state index is -0.299.